The summed E-state index contributed by atoms with van der Waals surface area (Å²) in [5.41, 5.74) is 2.07. The topological polar surface area (TPSA) is 37.4 Å². The van der Waals surface area contributed by atoms with Crippen molar-refractivity contribution < 1.29 is 9.59 Å². The van der Waals surface area contributed by atoms with E-state index in [-0.39, 0.29) is 29.6 Å². The summed E-state index contributed by atoms with van der Waals surface area (Å²) in [7, 11) is 0. The number of anilines is 1. The van der Waals surface area contributed by atoms with Crippen LogP contribution in [0, 0.1) is 23.7 Å². The number of hydrogen-bond donors (Lipinski definition) is 0. The first-order valence-corrected chi connectivity index (χ1v) is 10.1. The van der Waals surface area contributed by atoms with Crippen molar-refractivity contribution >= 4 is 28.3 Å². The van der Waals surface area contributed by atoms with Crippen LogP contribution in [0.25, 0.3) is 10.8 Å². The zero-order valence-electron chi connectivity index (χ0n) is 15.5. The summed E-state index contributed by atoms with van der Waals surface area (Å²) in [4.78, 5) is 28.4. The van der Waals surface area contributed by atoms with Crippen LogP contribution in [0.5, 0.6) is 0 Å². The Bertz CT molecular complexity index is 1100. The van der Waals surface area contributed by atoms with E-state index in [9.17, 15) is 9.59 Å². The third-order valence-corrected chi connectivity index (χ3v) is 7.25. The van der Waals surface area contributed by atoms with Gasteiger partial charge in [0.25, 0.3) is 0 Å². The lowest BCUT2D eigenvalue weighted by atomic mass is 9.73. The van der Waals surface area contributed by atoms with Gasteiger partial charge in [0, 0.05) is 5.39 Å². The second-order valence-electron chi connectivity index (χ2n) is 8.47. The zero-order valence-corrected chi connectivity index (χ0v) is 15.5. The fraction of sp³-hybridized carbons (Fsp3) is 0.280. The highest BCUT2D eigenvalue weighted by molar-refractivity contribution is 6.25. The summed E-state index contributed by atoms with van der Waals surface area (Å²) in [5, 5.41) is 2.03. The molecule has 2 amide bonds. The minimum Gasteiger partial charge on any atom is -0.274 e. The maximum Gasteiger partial charge on any atom is 0.238 e. The number of nitrogens with zero attached hydrogens (tertiary/aromatic N) is 1. The van der Waals surface area contributed by atoms with E-state index in [1.807, 2.05) is 48.5 Å². The lowest BCUT2D eigenvalue weighted by Gasteiger charge is -2.28. The molecule has 0 radical (unpaired) electrons. The number of benzene rings is 3. The first-order chi connectivity index (χ1) is 13.7. The third-order valence-electron chi connectivity index (χ3n) is 7.25. The molecule has 3 nitrogen and oxygen atoms in total. The molecule has 1 saturated heterocycles. The minimum absolute atomic E-state index is 0.0134. The van der Waals surface area contributed by atoms with Crippen LogP contribution < -0.4 is 4.90 Å². The lowest BCUT2D eigenvalue weighted by Crippen LogP contribution is -2.33. The Morgan fingerprint density at radius 1 is 0.714 bits per heavy atom. The molecule has 3 aromatic carbocycles. The van der Waals surface area contributed by atoms with Gasteiger partial charge in [-0.1, -0.05) is 66.7 Å². The highest BCUT2D eigenvalue weighted by Gasteiger charge is 2.64. The maximum absolute atomic E-state index is 13.5. The summed E-state index contributed by atoms with van der Waals surface area (Å²) in [6.07, 6.45) is 2.04. The molecule has 0 aromatic heterocycles. The van der Waals surface area contributed by atoms with Crippen LogP contribution in [0.2, 0.25) is 0 Å². The van der Waals surface area contributed by atoms with Crippen molar-refractivity contribution in [1.82, 2.24) is 0 Å². The van der Waals surface area contributed by atoms with Gasteiger partial charge in [0.2, 0.25) is 11.8 Å². The van der Waals surface area contributed by atoms with Gasteiger partial charge in [0.05, 0.1) is 17.5 Å². The summed E-state index contributed by atoms with van der Waals surface area (Å²) < 4.78 is 0. The SMILES string of the molecule is O=C1[C@@H]2[C@H]3C[C@H]([C@H]2C(=O)N1c1cccc2ccccc12)[C@@H](c1ccccc1)C3. The molecule has 2 aliphatic carbocycles. The Hall–Kier alpha value is -2.94. The molecule has 0 spiro atoms. The Morgan fingerprint density at radius 3 is 2.29 bits per heavy atom. The highest BCUT2D eigenvalue weighted by Crippen LogP contribution is 2.62. The highest BCUT2D eigenvalue weighted by atomic mass is 16.2. The van der Waals surface area contributed by atoms with E-state index in [2.05, 4.69) is 24.3 Å². The van der Waals surface area contributed by atoms with Crippen molar-refractivity contribution in [2.45, 2.75) is 18.8 Å². The van der Waals surface area contributed by atoms with E-state index in [0.29, 0.717) is 11.8 Å². The molecule has 6 rings (SSSR count). The van der Waals surface area contributed by atoms with Gasteiger partial charge < -0.3 is 0 Å². The summed E-state index contributed by atoms with van der Waals surface area (Å²) in [6, 6.07) is 24.4. The van der Waals surface area contributed by atoms with Crippen molar-refractivity contribution in [1.29, 1.82) is 0 Å². The van der Waals surface area contributed by atoms with Crippen LogP contribution in [0.3, 0.4) is 0 Å². The molecular formula is C25H21NO2. The smallest absolute Gasteiger partial charge is 0.238 e. The molecule has 5 atom stereocenters. The Kier molecular flexibility index (Phi) is 3.31. The van der Waals surface area contributed by atoms with Crippen LogP contribution in [0.1, 0.15) is 24.3 Å². The molecule has 0 unspecified atom stereocenters. The molecule has 138 valence electrons. The van der Waals surface area contributed by atoms with Gasteiger partial charge in [0.15, 0.2) is 0 Å². The maximum atomic E-state index is 13.5. The van der Waals surface area contributed by atoms with Gasteiger partial charge in [-0.15, -0.1) is 0 Å². The molecule has 3 fully saturated rings. The molecule has 0 N–H and O–H groups in total. The first-order valence-electron chi connectivity index (χ1n) is 10.1. The molecule has 1 aliphatic heterocycles. The number of carbonyl (C=O) groups excluding carboxylic acids is 2. The molecule has 2 bridgehead atoms. The standard InChI is InChI=1S/C25H21NO2/c27-24-22-17-13-19(16-7-2-1-3-8-16)20(14-17)23(22)25(28)26(24)21-12-6-10-15-9-4-5-11-18(15)21/h1-12,17,19-20,22-23H,13-14H2/t17-,19-,20+,22-,23-/m1/s1. The average Bonchev–Trinajstić information content (AvgIpc) is 3.40. The van der Waals surface area contributed by atoms with Gasteiger partial charge in [-0.2, -0.15) is 0 Å². The molecule has 3 heteroatoms. The summed E-state index contributed by atoms with van der Waals surface area (Å²) in [5.74, 6) is 0.763. The van der Waals surface area contributed by atoms with Crippen molar-refractivity contribution in [3.63, 3.8) is 0 Å². The Labute approximate surface area is 164 Å². The van der Waals surface area contributed by atoms with Crippen LogP contribution in [0.4, 0.5) is 5.69 Å². The summed E-state index contributed by atoms with van der Waals surface area (Å²) >= 11 is 0. The number of carbonyl (C=O) groups is 2. The largest absolute Gasteiger partial charge is 0.274 e. The van der Waals surface area contributed by atoms with Crippen LogP contribution >= 0.6 is 0 Å². The third kappa shape index (κ3) is 2.05. The van der Waals surface area contributed by atoms with E-state index >= 15 is 0 Å². The fourth-order valence-corrected chi connectivity index (χ4v) is 6.18. The molecule has 1 heterocycles. The Morgan fingerprint density at radius 2 is 1.43 bits per heavy atom. The second-order valence-corrected chi connectivity index (χ2v) is 8.47. The van der Waals surface area contributed by atoms with Crippen LogP contribution in [0.15, 0.2) is 72.8 Å². The van der Waals surface area contributed by atoms with E-state index in [1.54, 1.807) is 0 Å². The monoisotopic (exact) mass is 367 g/mol. The number of amides is 2. The molecule has 2 saturated carbocycles. The van der Waals surface area contributed by atoms with Crippen LogP contribution in [-0.2, 0) is 9.59 Å². The van der Waals surface area contributed by atoms with Crippen molar-refractivity contribution in [3.8, 4) is 0 Å². The van der Waals surface area contributed by atoms with E-state index in [1.165, 1.54) is 10.5 Å². The Balaban J connectivity index is 1.41. The summed E-state index contributed by atoms with van der Waals surface area (Å²) in [6.45, 7) is 0. The number of rotatable bonds is 2. The quantitative estimate of drug-likeness (QED) is 0.612. The van der Waals surface area contributed by atoms with Crippen molar-refractivity contribution in [2.24, 2.45) is 23.7 Å². The minimum atomic E-state index is -0.157. The molecular weight excluding hydrogens is 346 g/mol. The first kappa shape index (κ1) is 16.1. The van der Waals surface area contributed by atoms with E-state index < -0.39 is 0 Å². The van der Waals surface area contributed by atoms with Crippen LogP contribution in [-0.4, -0.2) is 11.8 Å². The predicted molar refractivity (Wildman–Crippen MR) is 109 cm³/mol. The van der Waals surface area contributed by atoms with Gasteiger partial charge in [-0.25, -0.2) is 4.90 Å². The van der Waals surface area contributed by atoms with E-state index in [0.717, 1.165) is 29.3 Å². The van der Waals surface area contributed by atoms with Crippen molar-refractivity contribution in [2.75, 3.05) is 4.90 Å². The van der Waals surface area contributed by atoms with Gasteiger partial charge in [-0.05, 0) is 47.6 Å². The lowest BCUT2D eigenvalue weighted by molar-refractivity contribution is -0.123. The molecule has 3 aromatic rings. The number of fused-ring (bicyclic) bond motifs is 6. The van der Waals surface area contributed by atoms with Gasteiger partial charge >= 0.3 is 0 Å². The zero-order chi connectivity index (χ0) is 18.8. The number of imide groups is 1. The van der Waals surface area contributed by atoms with Gasteiger partial charge in [-0.3, -0.25) is 9.59 Å². The van der Waals surface area contributed by atoms with Gasteiger partial charge in [0.1, 0.15) is 0 Å². The molecule has 3 aliphatic rings. The number of hydrogen-bond acceptors (Lipinski definition) is 2. The van der Waals surface area contributed by atoms with E-state index in [4.69, 9.17) is 0 Å². The fourth-order valence-electron chi connectivity index (χ4n) is 6.18. The predicted octanol–water partition coefficient (Wildman–Crippen LogP) is 4.77. The average molecular weight is 367 g/mol. The second kappa shape index (κ2) is 5.78. The molecule has 28 heavy (non-hydrogen) atoms. The normalized spacial score (nSPS) is 31.0. The van der Waals surface area contributed by atoms with Crippen molar-refractivity contribution in [3.05, 3.63) is 78.4 Å².